The minimum atomic E-state index is 0.438. The van der Waals surface area contributed by atoms with Crippen LogP contribution in [0.15, 0.2) is 42.5 Å². The first-order chi connectivity index (χ1) is 9.49. The highest BCUT2D eigenvalue weighted by molar-refractivity contribution is 7.80. The SMILES string of the molecule is Cc1ccc(CN(C)c2ccccc2C(N)=S)cc1C. The molecule has 3 heteroatoms. The van der Waals surface area contributed by atoms with E-state index in [-0.39, 0.29) is 0 Å². The lowest BCUT2D eigenvalue weighted by Gasteiger charge is -2.22. The van der Waals surface area contributed by atoms with E-state index >= 15 is 0 Å². The van der Waals surface area contributed by atoms with Gasteiger partial charge in [-0.05, 0) is 42.7 Å². The van der Waals surface area contributed by atoms with Gasteiger partial charge in [-0.15, -0.1) is 0 Å². The standard InChI is InChI=1S/C17H20N2S/c1-12-8-9-14(10-13(12)2)11-19(3)16-7-5-4-6-15(16)17(18)20/h4-10H,11H2,1-3H3,(H2,18,20). The summed E-state index contributed by atoms with van der Waals surface area (Å²) in [6.07, 6.45) is 0. The summed E-state index contributed by atoms with van der Waals surface area (Å²) in [5, 5.41) is 0. The Bertz CT molecular complexity index is 635. The van der Waals surface area contributed by atoms with Gasteiger partial charge in [0.1, 0.15) is 4.99 Å². The number of anilines is 1. The molecule has 2 rings (SSSR count). The van der Waals surface area contributed by atoms with Gasteiger partial charge in [-0.3, -0.25) is 0 Å². The molecule has 104 valence electrons. The van der Waals surface area contributed by atoms with Gasteiger partial charge >= 0.3 is 0 Å². The minimum Gasteiger partial charge on any atom is -0.389 e. The average molecular weight is 284 g/mol. The van der Waals surface area contributed by atoms with Gasteiger partial charge in [-0.2, -0.15) is 0 Å². The van der Waals surface area contributed by atoms with E-state index in [0.29, 0.717) is 4.99 Å². The van der Waals surface area contributed by atoms with Gasteiger partial charge in [0.15, 0.2) is 0 Å². The lowest BCUT2D eigenvalue weighted by atomic mass is 10.1. The minimum absolute atomic E-state index is 0.438. The van der Waals surface area contributed by atoms with Gasteiger partial charge in [0.2, 0.25) is 0 Å². The molecular formula is C17H20N2S. The molecule has 0 amide bonds. The van der Waals surface area contributed by atoms with Crippen LogP contribution in [0.4, 0.5) is 5.69 Å². The lowest BCUT2D eigenvalue weighted by Crippen LogP contribution is -2.21. The van der Waals surface area contributed by atoms with Crippen molar-refractivity contribution in [1.29, 1.82) is 0 Å². The molecule has 0 aliphatic rings. The van der Waals surface area contributed by atoms with E-state index in [1.54, 1.807) is 0 Å². The molecule has 0 saturated heterocycles. The molecule has 2 aromatic rings. The highest BCUT2D eigenvalue weighted by Gasteiger charge is 2.09. The molecule has 0 aliphatic carbocycles. The molecule has 0 bridgehead atoms. The molecule has 0 saturated carbocycles. The van der Waals surface area contributed by atoms with Crippen molar-refractivity contribution in [2.75, 3.05) is 11.9 Å². The van der Waals surface area contributed by atoms with E-state index in [1.807, 2.05) is 18.2 Å². The van der Waals surface area contributed by atoms with Crippen molar-refractivity contribution in [3.8, 4) is 0 Å². The summed E-state index contributed by atoms with van der Waals surface area (Å²) in [6.45, 7) is 5.10. The van der Waals surface area contributed by atoms with E-state index in [4.69, 9.17) is 18.0 Å². The number of nitrogens with two attached hydrogens (primary N) is 1. The second-order valence-corrected chi connectivity index (χ2v) is 5.60. The largest absolute Gasteiger partial charge is 0.389 e. The maximum Gasteiger partial charge on any atom is 0.106 e. The summed E-state index contributed by atoms with van der Waals surface area (Å²) in [6, 6.07) is 14.6. The highest BCUT2D eigenvalue weighted by atomic mass is 32.1. The summed E-state index contributed by atoms with van der Waals surface area (Å²) < 4.78 is 0. The second-order valence-electron chi connectivity index (χ2n) is 5.16. The van der Waals surface area contributed by atoms with Crippen LogP contribution in [0, 0.1) is 13.8 Å². The van der Waals surface area contributed by atoms with Crippen LogP contribution < -0.4 is 10.6 Å². The first-order valence-corrected chi connectivity index (χ1v) is 7.06. The van der Waals surface area contributed by atoms with Crippen LogP contribution in [-0.2, 0) is 6.54 Å². The monoisotopic (exact) mass is 284 g/mol. The maximum atomic E-state index is 5.79. The van der Waals surface area contributed by atoms with Crippen molar-refractivity contribution >= 4 is 22.9 Å². The Balaban J connectivity index is 2.26. The molecule has 0 radical (unpaired) electrons. The van der Waals surface area contributed by atoms with Gasteiger partial charge < -0.3 is 10.6 Å². The van der Waals surface area contributed by atoms with E-state index in [1.165, 1.54) is 16.7 Å². The van der Waals surface area contributed by atoms with Gasteiger partial charge in [0, 0.05) is 24.8 Å². The fraction of sp³-hybridized carbons (Fsp3) is 0.235. The Morgan fingerprint density at radius 1 is 1.10 bits per heavy atom. The molecule has 2 nitrogen and oxygen atoms in total. The normalized spacial score (nSPS) is 10.3. The lowest BCUT2D eigenvalue weighted by molar-refractivity contribution is 0.919. The van der Waals surface area contributed by atoms with Crippen LogP contribution >= 0.6 is 12.2 Å². The highest BCUT2D eigenvalue weighted by Crippen LogP contribution is 2.21. The molecule has 2 N–H and O–H groups in total. The fourth-order valence-electron chi connectivity index (χ4n) is 2.28. The van der Waals surface area contributed by atoms with Crippen molar-refractivity contribution in [2.45, 2.75) is 20.4 Å². The van der Waals surface area contributed by atoms with Gasteiger partial charge in [0.25, 0.3) is 0 Å². The summed E-state index contributed by atoms with van der Waals surface area (Å²) in [7, 11) is 2.06. The molecule has 0 aromatic heterocycles. The number of rotatable bonds is 4. The van der Waals surface area contributed by atoms with Crippen LogP contribution in [0.1, 0.15) is 22.3 Å². The Hall–Kier alpha value is -1.87. The molecule has 0 aliphatic heterocycles. The second kappa shape index (κ2) is 6.06. The van der Waals surface area contributed by atoms with Crippen molar-refractivity contribution in [3.63, 3.8) is 0 Å². The number of hydrogen-bond donors (Lipinski definition) is 1. The summed E-state index contributed by atoms with van der Waals surface area (Å²) >= 11 is 5.12. The summed E-state index contributed by atoms with van der Waals surface area (Å²) in [5.41, 5.74) is 11.7. The van der Waals surface area contributed by atoms with Gasteiger partial charge in [-0.1, -0.05) is 42.5 Å². The molecule has 20 heavy (non-hydrogen) atoms. The first-order valence-electron chi connectivity index (χ1n) is 6.65. The number of para-hydroxylation sites is 1. The van der Waals surface area contributed by atoms with Crippen LogP contribution in [-0.4, -0.2) is 12.0 Å². The van der Waals surface area contributed by atoms with Crippen LogP contribution in [0.3, 0.4) is 0 Å². The summed E-state index contributed by atoms with van der Waals surface area (Å²) in [4.78, 5) is 2.62. The Kier molecular flexibility index (Phi) is 4.40. The Morgan fingerprint density at radius 2 is 1.80 bits per heavy atom. The molecule has 0 heterocycles. The van der Waals surface area contributed by atoms with Crippen molar-refractivity contribution < 1.29 is 0 Å². The molecule has 0 spiro atoms. The fourth-order valence-corrected chi connectivity index (χ4v) is 2.45. The third kappa shape index (κ3) is 3.17. The van der Waals surface area contributed by atoms with Crippen LogP contribution in [0.25, 0.3) is 0 Å². The van der Waals surface area contributed by atoms with E-state index in [9.17, 15) is 0 Å². The zero-order valence-electron chi connectivity index (χ0n) is 12.2. The Morgan fingerprint density at radius 3 is 2.45 bits per heavy atom. The molecule has 0 fully saturated rings. The van der Waals surface area contributed by atoms with Crippen LogP contribution in [0.5, 0.6) is 0 Å². The molecular weight excluding hydrogens is 264 g/mol. The smallest absolute Gasteiger partial charge is 0.106 e. The molecule has 2 aromatic carbocycles. The van der Waals surface area contributed by atoms with Gasteiger partial charge in [0.05, 0.1) is 0 Å². The van der Waals surface area contributed by atoms with E-state index in [2.05, 4.69) is 50.1 Å². The van der Waals surface area contributed by atoms with Crippen molar-refractivity contribution in [1.82, 2.24) is 0 Å². The average Bonchev–Trinajstić information content (AvgIpc) is 2.43. The zero-order valence-corrected chi connectivity index (χ0v) is 13.0. The quantitative estimate of drug-likeness (QED) is 0.870. The molecule has 0 unspecified atom stereocenters. The molecule has 0 atom stereocenters. The number of benzene rings is 2. The number of thiocarbonyl (C=S) groups is 1. The van der Waals surface area contributed by atoms with E-state index in [0.717, 1.165) is 17.8 Å². The maximum absolute atomic E-state index is 5.79. The van der Waals surface area contributed by atoms with Crippen molar-refractivity contribution in [2.24, 2.45) is 5.73 Å². The predicted octanol–water partition coefficient (Wildman–Crippen LogP) is 3.57. The van der Waals surface area contributed by atoms with Crippen molar-refractivity contribution in [3.05, 3.63) is 64.7 Å². The van der Waals surface area contributed by atoms with E-state index < -0.39 is 0 Å². The van der Waals surface area contributed by atoms with Crippen LogP contribution in [0.2, 0.25) is 0 Å². The number of aryl methyl sites for hydroxylation is 2. The third-order valence-electron chi connectivity index (χ3n) is 3.57. The Labute approximate surface area is 126 Å². The first kappa shape index (κ1) is 14.5. The topological polar surface area (TPSA) is 29.3 Å². The number of hydrogen-bond acceptors (Lipinski definition) is 2. The zero-order chi connectivity index (χ0) is 14.7. The van der Waals surface area contributed by atoms with Gasteiger partial charge in [-0.25, -0.2) is 0 Å². The third-order valence-corrected chi connectivity index (χ3v) is 3.79. The predicted molar refractivity (Wildman–Crippen MR) is 90.4 cm³/mol. The summed E-state index contributed by atoms with van der Waals surface area (Å²) in [5.74, 6) is 0. The number of nitrogens with zero attached hydrogens (tertiary/aromatic N) is 1.